The van der Waals surface area contributed by atoms with Crippen LogP contribution in [0, 0.1) is 5.92 Å². The molecule has 1 aliphatic carbocycles. The molecular weight excluding hydrogens is 314 g/mol. The first-order valence-corrected chi connectivity index (χ1v) is 9.29. The van der Waals surface area contributed by atoms with Gasteiger partial charge in [0.2, 0.25) is 0 Å². The summed E-state index contributed by atoms with van der Waals surface area (Å²) in [7, 11) is 0. The normalized spacial score (nSPS) is 20.0. The van der Waals surface area contributed by atoms with Gasteiger partial charge in [0.15, 0.2) is 5.69 Å². The van der Waals surface area contributed by atoms with Crippen molar-refractivity contribution in [3.63, 3.8) is 0 Å². The average Bonchev–Trinajstić information content (AvgIpc) is 3.11. The van der Waals surface area contributed by atoms with Gasteiger partial charge in [-0.1, -0.05) is 42.0 Å². The molecule has 0 spiro atoms. The van der Waals surface area contributed by atoms with Gasteiger partial charge in [-0.3, -0.25) is 4.79 Å². The standard InChI is InChI=1S/C19H25N5O/c25-19(17-13-24(23-22-17)16-9-11-20-12-10-16)21-18(15-7-4-8-15)14-5-2-1-3-6-14/h1-3,5-6,13,15-16,18,20H,4,7-12H2,(H,21,25). The van der Waals surface area contributed by atoms with E-state index in [9.17, 15) is 4.79 Å². The van der Waals surface area contributed by atoms with Crippen LogP contribution in [0.5, 0.6) is 0 Å². The lowest BCUT2D eigenvalue weighted by molar-refractivity contribution is 0.0895. The van der Waals surface area contributed by atoms with Gasteiger partial charge in [-0.25, -0.2) is 4.68 Å². The second-order valence-corrected chi connectivity index (χ2v) is 7.12. The predicted molar refractivity (Wildman–Crippen MR) is 95.2 cm³/mol. The van der Waals surface area contributed by atoms with E-state index in [0.29, 0.717) is 17.7 Å². The van der Waals surface area contributed by atoms with Crippen LogP contribution in [0.25, 0.3) is 0 Å². The Morgan fingerprint density at radius 2 is 1.92 bits per heavy atom. The number of nitrogens with one attached hydrogen (secondary N) is 2. The average molecular weight is 339 g/mol. The zero-order valence-corrected chi connectivity index (χ0v) is 14.4. The molecule has 132 valence electrons. The highest BCUT2D eigenvalue weighted by Crippen LogP contribution is 2.37. The fraction of sp³-hybridized carbons (Fsp3) is 0.526. The smallest absolute Gasteiger partial charge is 0.273 e. The molecule has 2 aliphatic rings. The summed E-state index contributed by atoms with van der Waals surface area (Å²) in [4.78, 5) is 12.7. The molecule has 4 rings (SSSR count). The molecule has 0 radical (unpaired) electrons. The minimum absolute atomic E-state index is 0.0616. The summed E-state index contributed by atoms with van der Waals surface area (Å²) in [6, 6.07) is 10.7. The topological polar surface area (TPSA) is 71.8 Å². The van der Waals surface area contributed by atoms with Gasteiger partial charge in [-0.15, -0.1) is 5.10 Å². The number of carbonyl (C=O) groups is 1. The molecule has 2 fully saturated rings. The molecule has 1 atom stereocenters. The van der Waals surface area contributed by atoms with Gasteiger partial charge in [0.1, 0.15) is 0 Å². The Balaban J connectivity index is 1.47. The summed E-state index contributed by atoms with van der Waals surface area (Å²) in [6.07, 6.45) is 7.44. The first-order valence-electron chi connectivity index (χ1n) is 9.29. The van der Waals surface area contributed by atoms with E-state index in [4.69, 9.17) is 0 Å². The Bertz CT molecular complexity index is 704. The van der Waals surface area contributed by atoms with Crippen LogP contribution in [0.1, 0.15) is 60.2 Å². The van der Waals surface area contributed by atoms with Crippen molar-refractivity contribution in [2.75, 3.05) is 13.1 Å². The van der Waals surface area contributed by atoms with Crippen LogP contribution >= 0.6 is 0 Å². The van der Waals surface area contributed by atoms with Gasteiger partial charge in [0, 0.05) is 0 Å². The van der Waals surface area contributed by atoms with E-state index in [2.05, 4.69) is 33.1 Å². The SMILES string of the molecule is O=C(NC(c1ccccc1)C1CCC1)c1cn(C2CCNCC2)nn1. The van der Waals surface area contributed by atoms with E-state index < -0.39 is 0 Å². The molecule has 1 saturated carbocycles. The second-order valence-electron chi connectivity index (χ2n) is 7.12. The van der Waals surface area contributed by atoms with E-state index >= 15 is 0 Å². The van der Waals surface area contributed by atoms with E-state index in [0.717, 1.165) is 25.9 Å². The summed E-state index contributed by atoms with van der Waals surface area (Å²) in [5.74, 6) is 0.395. The van der Waals surface area contributed by atoms with Crippen LogP contribution in [0.15, 0.2) is 36.5 Å². The van der Waals surface area contributed by atoms with Gasteiger partial charge >= 0.3 is 0 Å². The molecule has 2 aromatic rings. The Morgan fingerprint density at radius 1 is 1.16 bits per heavy atom. The highest BCUT2D eigenvalue weighted by molar-refractivity contribution is 5.92. The fourth-order valence-corrected chi connectivity index (χ4v) is 3.75. The Kier molecular flexibility index (Phi) is 4.78. The van der Waals surface area contributed by atoms with Crippen LogP contribution in [-0.2, 0) is 0 Å². The first kappa shape index (κ1) is 16.3. The van der Waals surface area contributed by atoms with E-state index in [-0.39, 0.29) is 11.9 Å². The number of benzene rings is 1. The maximum Gasteiger partial charge on any atom is 0.273 e. The molecule has 0 bridgehead atoms. The van der Waals surface area contributed by atoms with Crippen molar-refractivity contribution in [2.45, 2.75) is 44.2 Å². The maximum absolute atomic E-state index is 12.7. The molecule has 1 amide bonds. The fourth-order valence-electron chi connectivity index (χ4n) is 3.75. The van der Waals surface area contributed by atoms with Crippen LogP contribution in [0.4, 0.5) is 0 Å². The Hall–Kier alpha value is -2.21. The summed E-state index contributed by atoms with van der Waals surface area (Å²) >= 11 is 0. The predicted octanol–water partition coefficient (Wildman–Crippen LogP) is 2.47. The van der Waals surface area contributed by atoms with Crippen LogP contribution < -0.4 is 10.6 Å². The highest BCUT2D eigenvalue weighted by Gasteiger charge is 2.30. The second kappa shape index (κ2) is 7.35. The summed E-state index contributed by atoms with van der Waals surface area (Å²) in [6.45, 7) is 1.98. The largest absolute Gasteiger partial charge is 0.344 e. The lowest BCUT2D eigenvalue weighted by atomic mass is 9.77. The molecule has 1 aromatic heterocycles. The van der Waals surface area contributed by atoms with Gasteiger partial charge in [-0.05, 0) is 50.3 Å². The third-order valence-corrected chi connectivity index (χ3v) is 5.49. The number of aromatic nitrogens is 3. The number of hydrogen-bond acceptors (Lipinski definition) is 4. The quantitative estimate of drug-likeness (QED) is 0.878. The molecule has 6 nitrogen and oxygen atoms in total. The number of amides is 1. The third-order valence-electron chi connectivity index (χ3n) is 5.49. The van der Waals surface area contributed by atoms with Crippen molar-refractivity contribution in [3.8, 4) is 0 Å². The molecule has 1 unspecified atom stereocenters. The van der Waals surface area contributed by atoms with Crippen LogP contribution in [-0.4, -0.2) is 34.0 Å². The van der Waals surface area contributed by atoms with Gasteiger partial charge in [0.05, 0.1) is 18.3 Å². The van der Waals surface area contributed by atoms with Crippen molar-refractivity contribution in [1.29, 1.82) is 0 Å². The zero-order valence-electron chi connectivity index (χ0n) is 14.4. The molecule has 6 heteroatoms. The molecular formula is C19H25N5O. The number of piperidine rings is 1. The van der Waals surface area contributed by atoms with Crippen molar-refractivity contribution in [1.82, 2.24) is 25.6 Å². The minimum atomic E-state index is -0.124. The number of rotatable bonds is 5. The van der Waals surface area contributed by atoms with Gasteiger partial charge < -0.3 is 10.6 Å². The first-order chi connectivity index (χ1) is 12.3. The number of carbonyl (C=O) groups excluding carboxylic acids is 1. The molecule has 25 heavy (non-hydrogen) atoms. The summed E-state index contributed by atoms with van der Waals surface area (Å²) < 4.78 is 1.86. The van der Waals surface area contributed by atoms with E-state index in [1.807, 2.05) is 22.9 Å². The monoisotopic (exact) mass is 339 g/mol. The van der Waals surface area contributed by atoms with Gasteiger partial charge in [-0.2, -0.15) is 0 Å². The summed E-state index contributed by atoms with van der Waals surface area (Å²) in [5.41, 5.74) is 1.59. The number of nitrogens with zero attached hydrogens (tertiary/aromatic N) is 3. The van der Waals surface area contributed by atoms with Crippen molar-refractivity contribution >= 4 is 5.91 Å². The van der Waals surface area contributed by atoms with Crippen molar-refractivity contribution < 1.29 is 4.79 Å². The van der Waals surface area contributed by atoms with Crippen molar-refractivity contribution in [2.24, 2.45) is 5.92 Å². The molecule has 2 heterocycles. The lowest BCUT2D eigenvalue weighted by Gasteiger charge is -2.34. The summed E-state index contributed by atoms with van der Waals surface area (Å²) in [5, 5.41) is 14.9. The molecule has 1 aromatic carbocycles. The number of hydrogen-bond donors (Lipinski definition) is 2. The molecule has 2 N–H and O–H groups in total. The lowest BCUT2D eigenvalue weighted by Crippen LogP contribution is -2.36. The van der Waals surface area contributed by atoms with Crippen LogP contribution in [0.3, 0.4) is 0 Å². The van der Waals surface area contributed by atoms with E-state index in [1.165, 1.54) is 24.8 Å². The van der Waals surface area contributed by atoms with Gasteiger partial charge in [0.25, 0.3) is 5.91 Å². The molecule has 1 aliphatic heterocycles. The highest BCUT2D eigenvalue weighted by atomic mass is 16.2. The van der Waals surface area contributed by atoms with E-state index in [1.54, 1.807) is 6.20 Å². The van der Waals surface area contributed by atoms with Crippen LogP contribution in [0.2, 0.25) is 0 Å². The molecule has 1 saturated heterocycles. The minimum Gasteiger partial charge on any atom is -0.344 e. The zero-order chi connectivity index (χ0) is 17.1. The Labute approximate surface area is 148 Å². The Morgan fingerprint density at radius 3 is 2.60 bits per heavy atom. The maximum atomic E-state index is 12.7. The third kappa shape index (κ3) is 3.58. The van der Waals surface area contributed by atoms with Crippen molar-refractivity contribution in [3.05, 3.63) is 47.8 Å².